The number of aliphatic hydroxyl groups is 1. The first-order valence-electron chi connectivity index (χ1n) is 18.1. The molecule has 0 amide bonds. The molecule has 1 atom stereocenters. The maximum atomic E-state index is 12.4. The van der Waals surface area contributed by atoms with E-state index in [1.54, 1.807) is 0 Å². The number of unbranched alkanes of at least 4 members (excludes halogenated alkanes) is 18. The fourth-order valence-corrected chi connectivity index (χ4v) is 5.53. The topological polar surface area (TPSA) is 76.1 Å². The van der Waals surface area contributed by atoms with Crippen LogP contribution in [-0.2, 0) is 19.1 Å². The first kappa shape index (κ1) is 40.9. The zero-order valence-corrected chi connectivity index (χ0v) is 28.5. The third-order valence-corrected chi connectivity index (χ3v) is 8.20. The van der Waals surface area contributed by atoms with Gasteiger partial charge in [-0.2, -0.15) is 0 Å². The van der Waals surface area contributed by atoms with Crippen LogP contribution in [0.1, 0.15) is 175 Å². The van der Waals surface area contributed by atoms with Gasteiger partial charge < -0.3 is 14.6 Å². The molecule has 0 radical (unpaired) electrons. The Kier molecular flexibility index (Phi) is 30.4. The van der Waals surface area contributed by atoms with Gasteiger partial charge in [0.1, 0.15) is 0 Å². The lowest BCUT2D eigenvalue weighted by molar-refractivity contribution is -0.144. The van der Waals surface area contributed by atoms with Crippen molar-refractivity contribution < 1.29 is 24.2 Å². The minimum absolute atomic E-state index is 0.0134. The van der Waals surface area contributed by atoms with Crippen LogP contribution in [0.5, 0.6) is 0 Å². The molecule has 0 bridgehead atoms. The highest BCUT2D eigenvalue weighted by atomic mass is 16.5. The van der Waals surface area contributed by atoms with Gasteiger partial charge in [-0.05, 0) is 25.2 Å². The second kappa shape index (κ2) is 31.3. The number of nitrogens with zero attached hydrogens (tertiary/aromatic N) is 1. The molecule has 0 rings (SSSR count). The highest BCUT2D eigenvalue weighted by Gasteiger charge is 2.21. The van der Waals surface area contributed by atoms with Gasteiger partial charge >= 0.3 is 11.9 Å². The van der Waals surface area contributed by atoms with Crippen LogP contribution in [0.4, 0.5) is 0 Å². The molecule has 0 aliphatic carbocycles. The molecule has 250 valence electrons. The molecule has 0 aliphatic heterocycles. The van der Waals surface area contributed by atoms with Crippen molar-refractivity contribution in [3.8, 4) is 0 Å². The first-order valence-corrected chi connectivity index (χ1v) is 18.1. The Balaban J connectivity index is 4.14. The molecule has 1 N–H and O–H groups in total. The van der Waals surface area contributed by atoms with Gasteiger partial charge in [0.25, 0.3) is 0 Å². The number of rotatable bonds is 32. The third kappa shape index (κ3) is 27.7. The number of carbonyl (C=O) groups is 2. The summed E-state index contributed by atoms with van der Waals surface area (Å²) in [5, 5.41) is 10.0. The predicted molar refractivity (Wildman–Crippen MR) is 177 cm³/mol. The monoisotopic (exact) mass is 598 g/mol. The van der Waals surface area contributed by atoms with Crippen molar-refractivity contribution in [2.45, 2.75) is 181 Å². The fraction of sp³-hybridized carbons (Fsp3) is 0.944. The normalized spacial score (nSPS) is 12.3. The van der Waals surface area contributed by atoms with E-state index in [-0.39, 0.29) is 37.4 Å². The van der Waals surface area contributed by atoms with Crippen molar-refractivity contribution in [1.82, 2.24) is 4.90 Å². The average Bonchev–Trinajstić information content (AvgIpc) is 2.97. The molecule has 0 aromatic carbocycles. The molecule has 0 spiro atoms. The quantitative estimate of drug-likeness (QED) is 0.0615. The van der Waals surface area contributed by atoms with E-state index in [9.17, 15) is 14.7 Å². The Morgan fingerprint density at radius 1 is 0.571 bits per heavy atom. The number of hydrogen-bond donors (Lipinski definition) is 1. The first-order chi connectivity index (χ1) is 20.4. The van der Waals surface area contributed by atoms with Gasteiger partial charge in [-0.1, -0.05) is 143 Å². The van der Waals surface area contributed by atoms with E-state index >= 15 is 0 Å². The molecular weight excluding hydrogens is 526 g/mol. The van der Waals surface area contributed by atoms with E-state index in [0.717, 1.165) is 32.1 Å². The molecule has 0 unspecified atom stereocenters. The van der Waals surface area contributed by atoms with E-state index in [0.29, 0.717) is 32.2 Å². The standard InChI is InChI=1S/C36H71NO5/c1-5-7-9-11-13-15-17-19-21-23-29-41-35(39)25-27-37(34(32-38)31-33(3)4)28-26-36(40)42-30-24-22-20-18-16-14-12-10-8-6-2/h33-34,38H,5-32H2,1-4H3/t34-/m1/s1. The van der Waals surface area contributed by atoms with E-state index in [2.05, 4.69) is 32.6 Å². The van der Waals surface area contributed by atoms with Gasteiger partial charge in [0, 0.05) is 19.1 Å². The van der Waals surface area contributed by atoms with Crippen LogP contribution < -0.4 is 0 Å². The summed E-state index contributed by atoms with van der Waals surface area (Å²) >= 11 is 0. The fourth-order valence-electron chi connectivity index (χ4n) is 5.53. The van der Waals surface area contributed by atoms with Crippen LogP contribution in [0.25, 0.3) is 0 Å². The molecule has 0 aliphatic rings. The lowest BCUT2D eigenvalue weighted by Gasteiger charge is -2.31. The number of carbonyl (C=O) groups excluding carboxylic acids is 2. The molecule has 6 heteroatoms. The molecule has 0 heterocycles. The lowest BCUT2D eigenvalue weighted by atomic mass is 10.0. The van der Waals surface area contributed by atoms with Gasteiger partial charge in [0.05, 0.1) is 32.7 Å². The Labute approximate surface area is 261 Å². The van der Waals surface area contributed by atoms with Crippen molar-refractivity contribution in [3.05, 3.63) is 0 Å². The van der Waals surface area contributed by atoms with Gasteiger partial charge in [-0.25, -0.2) is 0 Å². The Hall–Kier alpha value is -1.14. The molecular formula is C36H71NO5. The predicted octanol–water partition coefficient (Wildman–Crippen LogP) is 9.40. The molecule has 0 aromatic rings. The Morgan fingerprint density at radius 2 is 0.905 bits per heavy atom. The van der Waals surface area contributed by atoms with Gasteiger partial charge in [-0.3, -0.25) is 14.5 Å². The van der Waals surface area contributed by atoms with E-state index in [1.165, 1.54) is 103 Å². The number of aliphatic hydroxyl groups excluding tert-OH is 1. The van der Waals surface area contributed by atoms with Gasteiger partial charge in [0.2, 0.25) is 0 Å². The van der Waals surface area contributed by atoms with Crippen molar-refractivity contribution in [3.63, 3.8) is 0 Å². The van der Waals surface area contributed by atoms with Crippen molar-refractivity contribution in [1.29, 1.82) is 0 Å². The van der Waals surface area contributed by atoms with Crippen molar-refractivity contribution in [2.24, 2.45) is 5.92 Å². The molecule has 0 fully saturated rings. The minimum atomic E-state index is -0.194. The molecule has 0 saturated heterocycles. The van der Waals surface area contributed by atoms with Crippen LogP contribution in [0.15, 0.2) is 0 Å². The zero-order chi connectivity index (χ0) is 31.1. The maximum Gasteiger partial charge on any atom is 0.307 e. The van der Waals surface area contributed by atoms with Crippen LogP contribution in [0.2, 0.25) is 0 Å². The van der Waals surface area contributed by atoms with Crippen LogP contribution >= 0.6 is 0 Å². The number of ether oxygens (including phenoxy) is 2. The number of esters is 2. The van der Waals surface area contributed by atoms with E-state index in [1.807, 2.05) is 0 Å². The minimum Gasteiger partial charge on any atom is -0.466 e. The summed E-state index contributed by atoms with van der Waals surface area (Å²) in [4.78, 5) is 26.9. The van der Waals surface area contributed by atoms with Crippen LogP contribution in [0, 0.1) is 5.92 Å². The summed E-state index contributed by atoms with van der Waals surface area (Å²) in [6.45, 7) is 10.7. The van der Waals surface area contributed by atoms with Gasteiger partial charge in [0.15, 0.2) is 0 Å². The van der Waals surface area contributed by atoms with Gasteiger partial charge in [-0.15, -0.1) is 0 Å². The molecule has 6 nitrogen and oxygen atoms in total. The van der Waals surface area contributed by atoms with Crippen molar-refractivity contribution in [2.75, 3.05) is 32.9 Å². The summed E-state index contributed by atoms with van der Waals surface area (Å²) in [6.07, 6.45) is 26.5. The summed E-state index contributed by atoms with van der Waals surface area (Å²) in [5.41, 5.74) is 0. The third-order valence-electron chi connectivity index (χ3n) is 8.20. The van der Waals surface area contributed by atoms with E-state index < -0.39 is 0 Å². The number of hydrogen-bond acceptors (Lipinski definition) is 6. The lowest BCUT2D eigenvalue weighted by Crippen LogP contribution is -2.41. The highest BCUT2D eigenvalue weighted by molar-refractivity contribution is 5.70. The largest absolute Gasteiger partial charge is 0.466 e. The summed E-state index contributed by atoms with van der Waals surface area (Å²) in [5.74, 6) is 0.0256. The van der Waals surface area contributed by atoms with Crippen LogP contribution in [-0.4, -0.2) is 60.9 Å². The zero-order valence-electron chi connectivity index (χ0n) is 28.5. The molecule has 0 aromatic heterocycles. The van der Waals surface area contributed by atoms with E-state index in [4.69, 9.17) is 9.47 Å². The molecule has 42 heavy (non-hydrogen) atoms. The highest BCUT2D eigenvalue weighted by Crippen LogP contribution is 2.15. The smallest absolute Gasteiger partial charge is 0.307 e. The van der Waals surface area contributed by atoms with Crippen LogP contribution in [0.3, 0.4) is 0 Å². The Morgan fingerprint density at radius 3 is 1.21 bits per heavy atom. The average molecular weight is 598 g/mol. The summed E-state index contributed by atoms with van der Waals surface area (Å²) < 4.78 is 11.0. The summed E-state index contributed by atoms with van der Waals surface area (Å²) in [7, 11) is 0. The second-order valence-corrected chi connectivity index (χ2v) is 12.8. The second-order valence-electron chi connectivity index (χ2n) is 12.8. The molecule has 0 saturated carbocycles. The SMILES string of the molecule is CCCCCCCCCCCCOC(=O)CCN(CCC(=O)OCCCCCCCCCCCC)[C@@H](CO)CC(C)C. The maximum absolute atomic E-state index is 12.4. The summed E-state index contributed by atoms with van der Waals surface area (Å²) in [6, 6.07) is -0.0745. The Bertz CT molecular complexity index is 555. The van der Waals surface area contributed by atoms with Crippen molar-refractivity contribution >= 4 is 11.9 Å².